The molecule has 2 aliphatic carbocycles. The van der Waals surface area contributed by atoms with Crippen LogP contribution in [0.5, 0.6) is 0 Å². The van der Waals surface area contributed by atoms with Gasteiger partial charge in [-0.05, 0) is 38.5 Å². The first-order chi connectivity index (χ1) is 8.35. The monoisotopic (exact) mass is 251 g/mol. The van der Waals surface area contributed by atoms with Gasteiger partial charge in [-0.2, -0.15) is 0 Å². The van der Waals surface area contributed by atoms with E-state index in [0.717, 1.165) is 25.0 Å². The van der Waals surface area contributed by atoms with E-state index >= 15 is 0 Å². The van der Waals surface area contributed by atoms with Gasteiger partial charge >= 0.3 is 0 Å². The highest BCUT2D eigenvalue weighted by Crippen LogP contribution is 2.32. The van der Waals surface area contributed by atoms with Gasteiger partial charge in [0.2, 0.25) is 0 Å². The minimum Gasteiger partial charge on any atom is -0.348 e. The quantitative estimate of drug-likeness (QED) is 0.807. The van der Waals surface area contributed by atoms with Crippen molar-refractivity contribution in [2.75, 3.05) is 18.0 Å². The standard InChI is InChI=1S/C13H21N3S/c1-2-16(9-10-3-4-10)13-15-8-12(17-13)7-14-11-5-6-11/h8,10-11,14H,2-7,9H2,1H3. The molecule has 2 saturated carbocycles. The van der Waals surface area contributed by atoms with Crippen molar-refractivity contribution in [3.05, 3.63) is 11.1 Å². The Labute approximate surface area is 107 Å². The van der Waals surface area contributed by atoms with Crippen LogP contribution in [0.2, 0.25) is 0 Å². The van der Waals surface area contributed by atoms with Crippen LogP contribution in [-0.4, -0.2) is 24.1 Å². The number of rotatable bonds is 7. The second kappa shape index (κ2) is 4.94. The molecule has 2 aliphatic rings. The number of thiazole rings is 1. The molecule has 0 unspecified atom stereocenters. The molecule has 0 radical (unpaired) electrons. The van der Waals surface area contributed by atoms with Crippen LogP contribution in [-0.2, 0) is 6.54 Å². The molecule has 1 aromatic heterocycles. The van der Waals surface area contributed by atoms with Crippen molar-refractivity contribution in [3.8, 4) is 0 Å². The Bertz CT molecular complexity index is 368. The fourth-order valence-corrected chi connectivity index (χ4v) is 2.95. The molecule has 1 aromatic rings. The van der Waals surface area contributed by atoms with Crippen LogP contribution < -0.4 is 10.2 Å². The summed E-state index contributed by atoms with van der Waals surface area (Å²) >= 11 is 1.86. The van der Waals surface area contributed by atoms with Gasteiger partial charge in [-0.15, -0.1) is 11.3 Å². The summed E-state index contributed by atoms with van der Waals surface area (Å²) in [5, 5.41) is 4.76. The number of nitrogens with zero attached hydrogens (tertiary/aromatic N) is 2. The highest BCUT2D eigenvalue weighted by molar-refractivity contribution is 7.15. The smallest absolute Gasteiger partial charge is 0.185 e. The Morgan fingerprint density at radius 3 is 2.88 bits per heavy atom. The maximum absolute atomic E-state index is 4.57. The molecule has 0 amide bonds. The highest BCUT2D eigenvalue weighted by atomic mass is 32.1. The maximum Gasteiger partial charge on any atom is 0.185 e. The third-order valence-electron chi connectivity index (χ3n) is 3.51. The zero-order valence-corrected chi connectivity index (χ0v) is 11.3. The molecular weight excluding hydrogens is 230 g/mol. The normalized spacial score (nSPS) is 19.6. The Morgan fingerprint density at radius 2 is 2.24 bits per heavy atom. The van der Waals surface area contributed by atoms with Gasteiger partial charge in [-0.25, -0.2) is 4.98 Å². The summed E-state index contributed by atoms with van der Waals surface area (Å²) in [4.78, 5) is 8.38. The van der Waals surface area contributed by atoms with E-state index in [-0.39, 0.29) is 0 Å². The van der Waals surface area contributed by atoms with Crippen molar-refractivity contribution in [2.45, 2.75) is 45.2 Å². The van der Waals surface area contributed by atoms with Crippen LogP contribution in [0.25, 0.3) is 0 Å². The molecular formula is C13H21N3S. The molecule has 4 heteroatoms. The molecule has 17 heavy (non-hydrogen) atoms. The van der Waals surface area contributed by atoms with Crippen LogP contribution in [0.15, 0.2) is 6.20 Å². The molecule has 1 N–H and O–H groups in total. The third-order valence-corrected chi connectivity index (χ3v) is 4.57. The first-order valence-corrected chi connectivity index (χ1v) is 7.60. The number of nitrogens with one attached hydrogen (secondary N) is 1. The molecule has 94 valence electrons. The van der Waals surface area contributed by atoms with Gasteiger partial charge in [0.05, 0.1) is 0 Å². The van der Waals surface area contributed by atoms with Crippen LogP contribution in [0.3, 0.4) is 0 Å². The van der Waals surface area contributed by atoms with Gasteiger partial charge in [-0.1, -0.05) is 0 Å². The molecule has 0 atom stereocenters. The lowest BCUT2D eigenvalue weighted by Crippen LogP contribution is -2.24. The molecule has 3 rings (SSSR count). The summed E-state index contributed by atoms with van der Waals surface area (Å²) in [7, 11) is 0. The van der Waals surface area contributed by atoms with Crippen molar-refractivity contribution in [1.29, 1.82) is 0 Å². The highest BCUT2D eigenvalue weighted by Gasteiger charge is 2.25. The van der Waals surface area contributed by atoms with Crippen LogP contribution in [0.4, 0.5) is 5.13 Å². The SMILES string of the molecule is CCN(CC1CC1)c1ncc(CNC2CC2)s1. The molecule has 1 heterocycles. The largest absolute Gasteiger partial charge is 0.348 e. The Kier molecular flexibility index (Phi) is 3.34. The zero-order chi connectivity index (χ0) is 11.7. The van der Waals surface area contributed by atoms with Crippen LogP contribution >= 0.6 is 11.3 Å². The number of hydrogen-bond donors (Lipinski definition) is 1. The second-order valence-corrected chi connectivity index (χ2v) is 6.34. The predicted octanol–water partition coefficient (Wildman–Crippen LogP) is 2.63. The van der Waals surface area contributed by atoms with Gasteiger partial charge in [-0.3, -0.25) is 0 Å². The lowest BCUT2D eigenvalue weighted by Gasteiger charge is -2.19. The number of aromatic nitrogens is 1. The fourth-order valence-electron chi connectivity index (χ4n) is 2.01. The molecule has 0 saturated heterocycles. The first kappa shape index (κ1) is 11.5. The summed E-state index contributed by atoms with van der Waals surface area (Å²) in [5.74, 6) is 0.937. The predicted molar refractivity (Wildman–Crippen MR) is 72.6 cm³/mol. The van der Waals surface area contributed by atoms with Crippen molar-refractivity contribution in [2.24, 2.45) is 5.92 Å². The summed E-state index contributed by atoms with van der Waals surface area (Å²) in [6, 6.07) is 0.786. The average molecular weight is 251 g/mol. The van der Waals surface area contributed by atoms with Gasteiger partial charge in [0.1, 0.15) is 0 Å². The molecule has 3 nitrogen and oxygen atoms in total. The Morgan fingerprint density at radius 1 is 1.41 bits per heavy atom. The van der Waals surface area contributed by atoms with E-state index in [1.807, 2.05) is 17.5 Å². The van der Waals surface area contributed by atoms with E-state index in [1.54, 1.807) is 0 Å². The summed E-state index contributed by atoms with van der Waals surface area (Å²) < 4.78 is 0. The lowest BCUT2D eigenvalue weighted by atomic mass is 10.4. The zero-order valence-electron chi connectivity index (χ0n) is 10.5. The first-order valence-electron chi connectivity index (χ1n) is 6.78. The van der Waals surface area contributed by atoms with Crippen molar-refractivity contribution in [3.63, 3.8) is 0 Å². The van der Waals surface area contributed by atoms with E-state index < -0.39 is 0 Å². The third kappa shape index (κ3) is 3.19. The van der Waals surface area contributed by atoms with E-state index in [1.165, 1.54) is 42.2 Å². The molecule has 0 aromatic carbocycles. The topological polar surface area (TPSA) is 28.2 Å². The van der Waals surface area contributed by atoms with Crippen molar-refractivity contribution in [1.82, 2.24) is 10.3 Å². The van der Waals surface area contributed by atoms with Gasteiger partial charge in [0.25, 0.3) is 0 Å². The molecule has 0 aliphatic heterocycles. The number of anilines is 1. The lowest BCUT2D eigenvalue weighted by molar-refractivity contribution is 0.694. The Hall–Kier alpha value is -0.610. The fraction of sp³-hybridized carbons (Fsp3) is 0.769. The van der Waals surface area contributed by atoms with Crippen LogP contribution in [0.1, 0.15) is 37.5 Å². The maximum atomic E-state index is 4.57. The number of hydrogen-bond acceptors (Lipinski definition) is 4. The van der Waals surface area contributed by atoms with Gasteiger partial charge in [0, 0.05) is 36.8 Å². The molecule has 0 bridgehead atoms. The summed E-state index contributed by atoms with van der Waals surface area (Å²) in [6.45, 7) is 5.52. The van der Waals surface area contributed by atoms with Crippen molar-refractivity contribution < 1.29 is 0 Å². The van der Waals surface area contributed by atoms with E-state index in [0.29, 0.717) is 0 Å². The molecule has 0 spiro atoms. The van der Waals surface area contributed by atoms with E-state index in [4.69, 9.17) is 0 Å². The van der Waals surface area contributed by atoms with Gasteiger partial charge in [0.15, 0.2) is 5.13 Å². The Balaban J connectivity index is 1.56. The van der Waals surface area contributed by atoms with E-state index in [9.17, 15) is 0 Å². The minimum atomic E-state index is 0.786. The molecule has 2 fully saturated rings. The minimum absolute atomic E-state index is 0.786. The summed E-state index contributed by atoms with van der Waals surface area (Å²) in [6.07, 6.45) is 7.59. The van der Waals surface area contributed by atoms with Gasteiger partial charge < -0.3 is 10.2 Å². The average Bonchev–Trinajstić information content (AvgIpc) is 3.25. The van der Waals surface area contributed by atoms with Crippen molar-refractivity contribution >= 4 is 16.5 Å². The van der Waals surface area contributed by atoms with E-state index in [2.05, 4.69) is 22.1 Å². The second-order valence-electron chi connectivity index (χ2n) is 5.25. The van der Waals surface area contributed by atoms with Crippen LogP contribution in [0, 0.1) is 5.92 Å². The summed E-state index contributed by atoms with van der Waals surface area (Å²) in [5.41, 5.74) is 0.